The SMILES string of the molecule is Cn1cc(NC(=O)C2=C3N=C(N[C@@H]4CNCC[C@@H]4F)C=CN3NC2)c(C(F)(F)F)n1. The first kappa shape index (κ1) is 20.3. The Kier molecular flexibility index (Phi) is 5.24. The molecular formula is C17H20F4N8O. The van der Waals surface area contributed by atoms with E-state index in [-0.39, 0.29) is 17.9 Å². The molecule has 3 aliphatic heterocycles. The largest absolute Gasteiger partial charge is 0.437 e. The molecule has 0 bridgehead atoms. The second-order valence-corrected chi connectivity index (χ2v) is 7.10. The summed E-state index contributed by atoms with van der Waals surface area (Å²) in [5.74, 6) is -0.141. The summed E-state index contributed by atoms with van der Waals surface area (Å²) in [4.78, 5) is 17.0. The van der Waals surface area contributed by atoms with Crippen molar-refractivity contribution in [2.24, 2.45) is 12.0 Å². The van der Waals surface area contributed by atoms with Crippen molar-refractivity contribution in [1.29, 1.82) is 0 Å². The van der Waals surface area contributed by atoms with Gasteiger partial charge in [0.25, 0.3) is 5.91 Å². The lowest BCUT2D eigenvalue weighted by atomic mass is 10.1. The van der Waals surface area contributed by atoms with Gasteiger partial charge in [-0.05, 0) is 19.0 Å². The minimum atomic E-state index is -4.71. The quantitative estimate of drug-likeness (QED) is 0.527. The molecule has 0 radical (unpaired) electrons. The maximum absolute atomic E-state index is 14.1. The number of aromatic nitrogens is 2. The number of amidine groups is 1. The van der Waals surface area contributed by atoms with Crippen molar-refractivity contribution in [3.63, 3.8) is 0 Å². The Labute approximate surface area is 168 Å². The molecule has 1 saturated heterocycles. The van der Waals surface area contributed by atoms with Crippen LogP contribution in [0.2, 0.25) is 0 Å². The topological polar surface area (TPSA) is 98.6 Å². The number of piperidine rings is 1. The van der Waals surface area contributed by atoms with Crippen molar-refractivity contribution in [2.45, 2.75) is 24.8 Å². The van der Waals surface area contributed by atoms with E-state index in [0.717, 1.165) is 10.9 Å². The van der Waals surface area contributed by atoms with Gasteiger partial charge in [0, 0.05) is 32.5 Å². The highest BCUT2D eigenvalue weighted by Crippen LogP contribution is 2.34. The van der Waals surface area contributed by atoms with Crippen molar-refractivity contribution in [2.75, 3.05) is 25.0 Å². The van der Waals surface area contributed by atoms with Gasteiger partial charge in [0.15, 0.2) is 11.5 Å². The molecule has 4 heterocycles. The fourth-order valence-corrected chi connectivity index (χ4v) is 3.41. The van der Waals surface area contributed by atoms with E-state index in [2.05, 4.69) is 31.5 Å². The van der Waals surface area contributed by atoms with Gasteiger partial charge in [0.1, 0.15) is 12.0 Å². The van der Waals surface area contributed by atoms with Gasteiger partial charge in [0.2, 0.25) is 0 Å². The zero-order valence-electron chi connectivity index (χ0n) is 15.9. The summed E-state index contributed by atoms with van der Waals surface area (Å²) in [5.41, 5.74) is 1.43. The number of nitrogens with one attached hydrogen (secondary N) is 4. The van der Waals surface area contributed by atoms with Crippen molar-refractivity contribution in [3.05, 3.63) is 35.6 Å². The standard InChI is InChI=1S/C17H20F4N8O/c1-28-8-12(14(27-28)17(19,20)21)25-16(30)9-6-23-29-5-3-13(26-15(9)29)24-11-7-22-4-2-10(11)18/h3,5,8,10-11,22-23H,2,4,6-7H2,1H3,(H,24,26)(H,25,30)/t10-,11+/m0/s1. The third-order valence-corrected chi connectivity index (χ3v) is 4.88. The third-order valence-electron chi connectivity index (χ3n) is 4.88. The van der Waals surface area contributed by atoms with Gasteiger partial charge in [-0.2, -0.15) is 18.3 Å². The number of carbonyl (C=O) groups excluding carboxylic acids is 1. The zero-order valence-corrected chi connectivity index (χ0v) is 15.9. The van der Waals surface area contributed by atoms with Crippen LogP contribution in [-0.2, 0) is 18.0 Å². The van der Waals surface area contributed by atoms with Gasteiger partial charge >= 0.3 is 6.18 Å². The van der Waals surface area contributed by atoms with Crippen molar-refractivity contribution in [3.8, 4) is 0 Å². The molecular weight excluding hydrogens is 408 g/mol. The first-order valence-corrected chi connectivity index (χ1v) is 9.28. The number of hydrogen-bond donors (Lipinski definition) is 4. The summed E-state index contributed by atoms with van der Waals surface area (Å²) in [6.45, 7) is 1.10. The van der Waals surface area contributed by atoms with E-state index in [1.807, 2.05) is 0 Å². The highest BCUT2D eigenvalue weighted by Gasteiger charge is 2.38. The number of nitrogens with zero attached hydrogens (tertiary/aromatic N) is 4. The van der Waals surface area contributed by atoms with Crippen molar-refractivity contribution >= 4 is 17.4 Å². The molecule has 0 unspecified atom stereocenters. The van der Waals surface area contributed by atoms with Crippen LogP contribution in [0.25, 0.3) is 0 Å². The molecule has 1 aromatic heterocycles. The first-order chi connectivity index (χ1) is 14.2. The maximum Gasteiger partial charge on any atom is 0.437 e. The number of fused-ring (bicyclic) bond motifs is 1. The Morgan fingerprint density at radius 3 is 2.90 bits per heavy atom. The molecule has 4 rings (SSSR count). The summed E-state index contributed by atoms with van der Waals surface area (Å²) in [6.07, 6.45) is -1.04. The number of hydrazine groups is 1. The summed E-state index contributed by atoms with van der Waals surface area (Å²) in [7, 11) is 1.33. The number of rotatable bonds is 3. The van der Waals surface area contributed by atoms with Gasteiger partial charge in [0.05, 0.1) is 17.3 Å². The maximum atomic E-state index is 14.1. The minimum absolute atomic E-state index is 0.0701. The van der Waals surface area contributed by atoms with Crippen LogP contribution in [0.5, 0.6) is 0 Å². The molecule has 162 valence electrons. The van der Waals surface area contributed by atoms with E-state index in [9.17, 15) is 22.4 Å². The van der Waals surface area contributed by atoms with E-state index in [0.29, 0.717) is 25.3 Å². The Hall–Kier alpha value is -2.93. The van der Waals surface area contributed by atoms with E-state index in [1.165, 1.54) is 12.1 Å². The van der Waals surface area contributed by atoms with Crippen molar-refractivity contribution < 1.29 is 22.4 Å². The van der Waals surface area contributed by atoms with Crippen LogP contribution in [0.3, 0.4) is 0 Å². The molecule has 0 spiro atoms. The Morgan fingerprint density at radius 2 is 2.17 bits per heavy atom. The van der Waals surface area contributed by atoms with Crippen molar-refractivity contribution in [1.82, 2.24) is 30.8 Å². The number of halogens is 4. The summed E-state index contributed by atoms with van der Waals surface area (Å²) in [6, 6.07) is -0.467. The molecule has 1 fully saturated rings. The van der Waals surface area contributed by atoms with Gasteiger partial charge in [-0.15, -0.1) is 0 Å². The van der Waals surface area contributed by atoms with Crippen LogP contribution < -0.4 is 21.4 Å². The lowest BCUT2D eigenvalue weighted by Crippen LogP contribution is -2.52. The molecule has 4 N–H and O–H groups in total. The van der Waals surface area contributed by atoms with Crippen LogP contribution in [0.4, 0.5) is 23.2 Å². The number of anilines is 1. The molecule has 13 heteroatoms. The Balaban J connectivity index is 1.54. The van der Waals surface area contributed by atoms with Gasteiger partial charge in [-0.3, -0.25) is 14.5 Å². The molecule has 2 atom stereocenters. The normalized spacial score (nSPS) is 24.0. The molecule has 1 aromatic rings. The molecule has 0 aromatic carbocycles. The lowest BCUT2D eigenvalue weighted by molar-refractivity contribution is -0.140. The van der Waals surface area contributed by atoms with Gasteiger partial charge in [-0.25, -0.2) is 14.8 Å². The fraction of sp³-hybridized carbons (Fsp3) is 0.471. The minimum Gasteiger partial charge on any atom is -0.363 e. The van der Waals surface area contributed by atoms with Crippen LogP contribution in [0, 0.1) is 0 Å². The Bertz CT molecular complexity index is 935. The fourth-order valence-electron chi connectivity index (χ4n) is 3.41. The number of hydrogen-bond acceptors (Lipinski definition) is 7. The van der Waals surface area contributed by atoms with Crippen LogP contribution in [0.1, 0.15) is 12.1 Å². The highest BCUT2D eigenvalue weighted by molar-refractivity contribution is 6.06. The average molecular weight is 428 g/mol. The zero-order chi connectivity index (χ0) is 21.5. The smallest absolute Gasteiger partial charge is 0.363 e. The molecule has 0 aliphatic carbocycles. The second-order valence-electron chi connectivity index (χ2n) is 7.10. The monoisotopic (exact) mass is 428 g/mol. The predicted octanol–water partition coefficient (Wildman–Crippen LogP) is 0.625. The highest BCUT2D eigenvalue weighted by atomic mass is 19.4. The van der Waals surface area contributed by atoms with E-state index in [1.54, 1.807) is 12.3 Å². The number of alkyl halides is 4. The molecule has 9 nitrogen and oxygen atoms in total. The predicted molar refractivity (Wildman–Crippen MR) is 99.6 cm³/mol. The number of carbonyl (C=O) groups is 1. The van der Waals surface area contributed by atoms with E-state index >= 15 is 0 Å². The molecule has 0 saturated carbocycles. The summed E-state index contributed by atoms with van der Waals surface area (Å²) < 4.78 is 54.4. The van der Waals surface area contributed by atoms with Crippen LogP contribution in [-0.4, -0.2) is 58.4 Å². The summed E-state index contributed by atoms with van der Waals surface area (Å²) in [5, 5.41) is 13.2. The van der Waals surface area contributed by atoms with E-state index < -0.39 is 35.7 Å². The number of aliphatic imine (C=N–C) groups is 1. The Morgan fingerprint density at radius 1 is 1.37 bits per heavy atom. The number of aryl methyl sites for hydroxylation is 1. The molecule has 30 heavy (non-hydrogen) atoms. The molecule has 3 aliphatic rings. The first-order valence-electron chi connectivity index (χ1n) is 9.28. The van der Waals surface area contributed by atoms with Gasteiger partial charge < -0.3 is 16.0 Å². The van der Waals surface area contributed by atoms with Gasteiger partial charge in [-0.1, -0.05) is 0 Å². The summed E-state index contributed by atoms with van der Waals surface area (Å²) >= 11 is 0. The lowest BCUT2D eigenvalue weighted by Gasteiger charge is -2.29. The molecule has 1 amide bonds. The third kappa shape index (κ3) is 4.03. The van der Waals surface area contributed by atoms with Crippen LogP contribution in [0.15, 0.2) is 34.9 Å². The average Bonchev–Trinajstić information content (AvgIpc) is 3.26. The van der Waals surface area contributed by atoms with E-state index in [4.69, 9.17) is 0 Å². The van der Waals surface area contributed by atoms with Crippen LogP contribution >= 0.6 is 0 Å². The second kappa shape index (κ2) is 7.72. The number of amides is 1.